The van der Waals surface area contributed by atoms with Crippen molar-refractivity contribution in [2.24, 2.45) is 15.9 Å². The van der Waals surface area contributed by atoms with Crippen molar-refractivity contribution in [2.75, 3.05) is 0 Å². The molecule has 9 nitrogen and oxygen atoms in total. The number of hydrogen-bond acceptors (Lipinski definition) is 5. The van der Waals surface area contributed by atoms with Crippen LogP contribution in [-0.2, 0) is 10.2 Å². The van der Waals surface area contributed by atoms with Crippen molar-refractivity contribution in [3.8, 4) is 22.6 Å². The minimum Gasteiger partial charge on any atom is -0.490 e. The van der Waals surface area contributed by atoms with Crippen LogP contribution in [0.3, 0.4) is 0 Å². The molecule has 9 heteroatoms. The van der Waals surface area contributed by atoms with E-state index >= 15 is 0 Å². The van der Waals surface area contributed by atoms with Crippen LogP contribution in [0, 0.1) is 0 Å². The fraction of sp³-hybridized carbons (Fsp3) is 0.273. The van der Waals surface area contributed by atoms with Gasteiger partial charge in [0.05, 0.1) is 17.2 Å². The average Bonchev–Trinajstić information content (AvgIpc) is 3.72. The molecule has 4 aromatic rings. The van der Waals surface area contributed by atoms with E-state index in [1.165, 1.54) is 18.4 Å². The number of carbonyl (C=O) groups is 2. The summed E-state index contributed by atoms with van der Waals surface area (Å²) < 4.78 is 7.79. The van der Waals surface area contributed by atoms with E-state index in [1.807, 2.05) is 42.5 Å². The molecular formula is C33H32N5O4. The molecule has 0 saturated heterocycles. The summed E-state index contributed by atoms with van der Waals surface area (Å²) in [5.74, 6) is -1.52. The quantitative estimate of drug-likeness (QED) is 0.295. The number of carbonyl (C=O) groups excluding carboxylic acids is 1. The lowest BCUT2D eigenvalue weighted by atomic mass is 9.86. The van der Waals surface area contributed by atoms with Gasteiger partial charge in [-0.3, -0.25) is 4.79 Å². The molecule has 1 amide bonds. The van der Waals surface area contributed by atoms with E-state index < -0.39 is 11.9 Å². The molecule has 42 heavy (non-hydrogen) atoms. The zero-order chi connectivity index (χ0) is 29.6. The van der Waals surface area contributed by atoms with Crippen molar-refractivity contribution >= 4 is 34.5 Å². The Bertz CT molecular complexity index is 1750. The molecule has 3 N–H and O–H groups in total. The van der Waals surface area contributed by atoms with E-state index in [0.29, 0.717) is 16.6 Å². The lowest BCUT2D eigenvalue weighted by Gasteiger charge is -2.19. The molecule has 1 radical (unpaired) electrons. The molecule has 0 bridgehead atoms. The molecule has 6 rings (SSSR count). The van der Waals surface area contributed by atoms with Gasteiger partial charge in [-0.25, -0.2) is 10.1 Å². The topological polar surface area (TPSA) is 133 Å². The highest BCUT2D eigenvalue weighted by atomic mass is 16.5. The van der Waals surface area contributed by atoms with Crippen LogP contribution in [0.2, 0.25) is 0 Å². The molecule has 1 aliphatic carbocycles. The summed E-state index contributed by atoms with van der Waals surface area (Å²) in [6.07, 6.45) is 4.63. The van der Waals surface area contributed by atoms with Crippen molar-refractivity contribution in [1.29, 1.82) is 0 Å². The summed E-state index contributed by atoms with van der Waals surface area (Å²) >= 11 is 0. The first-order valence-corrected chi connectivity index (χ1v) is 14.1. The Balaban J connectivity index is 1.49. The second-order valence-corrected chi connectivity index (χ2v) is 11.8. The van der Waals surface area contributed by atoms with E-state index in [9.17, 15) is 14.7 Å². The monoisotopic (exact) mass is 562 g/mol. The smallest absolute Gasteiger partial charge is 0.353 e. The molecule has 0 unspecified atom stereocenters. The number of rotatable bonds is 7. The zero-order valence-electron chi connectivity index (χ0n) is 23.8. The Labute approximate surface area is 243 Å². The van der Waals surface area contributed by atoms with Crippen molar-refractivity contribution in [1.82, 2.24) is 9.88 Å². The van der Waals surface area contributed by atoms with Gasteiger partial charge < -0.3 is 20.1 Å². The van der Waals surface area contributed by atoms with E-state index in [1.54, 1.807) is 4.57 Å². The number of amidine groups is 2. The third-order valence-electron chi connectivity index (χ3n) is 7.85. The third kappa shape index (κ3) is 5.02. The lowest BCUT2D eigenvalue weighted by Crippen LogP contribution is -2.32. The summed E-state index contributed by atoms with van der Waals surface area (Å²) in [6, 6.07) is 21.5. The minimum atomic E-state index is -1.17. The highest BCUT2D eigenvalue weighted by Crippen LogP contribution is 2.36. The predicted octanol–water partition coefficient (Wildman–Crippen LogP) is 5.78. The number of carboxylic acid groups (broad SMARTS) is 1. The van der Waals surface area contributed by atoms with E-state index in [2.05, 4.69) is 60.6 Å². The summed E-state index contributed by atoms with van der Waals surface area (Å²) in [5.41, 5.74) is 9.99. The van der Waals surface area contributed by atoms with Crippen molar-refractivity contribution < 1.29 is 19.4 Å². The van der Waals surface area contributed by atoms with Crippen LogP contribution in [0.4, 0.5) is 0 Å². The number of fused-ring (bicyclic) bond motifs is 1. The van der Waals surface area contributed by atoms with Gasteiger partial charge in [-0.2, -0.15) is 0 Å². The van der Waals surface area contributed by atoms with E-state index in [4.69, 9.17) is 10.5 Å². The van der Waals surface area contributed by atoms with Gasteiger partial charge >= 0.3 is 5.97 Å². The number of hydrogen-bond donors (Lipinski definition) is 2. The number of carboxylic acids is 1. The van der Waals surface area contributed by atoms with Gasteiger partial charge in [0.2, 0.25) is 5.84 Å². The number of aromatic carboxylic acids is 1. The van der Waals surface area contributed by atoms with Gasteiger partial charge in [0.15, 0.2) is 5.84 Å². The number of nitrogens with zero attached hydrogens (tertiary/aromatic N) is 4. The van der Waals surface area contributed by atoms with Gasteiger partial charge in [0, 0.05) is 11.1 Å². The third-order valence-corrected chi connectivity index (χ3v) is 7.85. The first kappa shape index (κ1) is 27.3. The first-order chi connectivity index (χ1) is 20.1. The number of nitrogens with two attached hydrogens (primary N) is 1. The van der Waals surface area contributed by atoms with Crippen LogP contribution in [0.5, 0.6) is 5.75 Å². The maximum absolute atomic E-state index is 12.9. The SMILES string of the molecule is CC(C)(C)c1ccc(-c2ccc3c(c2)c(C2=NN=C(C(N)=O)[N]2)c(C(=O)O)n3-c2ccc(OC3CCCC3)cc2)cc1. The second-order valence-electron chi connectivity index (χ2n) is 11.8. The Morgan fingerprint density at radius 3 is 2.19 bits per heavy atom. The number of amides is 1. The van der Waals surface area contributed by atoms with E-state index in [0.717, 1.165) is 29.7 Å². The molecule has 213 valence electrons. The summed E-state index contributed by atoms with van der Waals surface area (Å²) in [5, 5.41) is 23.2. The van der Waals surface area contributed by atoms with Crippen molar-refractivity contribution in [3.63, 3.8) is 0 Å². The standard InChI is InChI=1S/C33H32N5O4/c1-33(2,3)21-11-8-19(9-12-21)20-10-17-26-25(18-20)27(30-35-31(29(34)39)37-36-30)28(32(40)41)38(26)22-13-15-24(16-14-22)42-23-6-4-5-7-23/h8-18,23H,4-7H2,1-3H3,(H2,34,39)(H,40,41). The Kier molecular flexibility index (Phi) is 6.80. The number of benzene rings is 3. The second kappa shape index (κ2) is 10.5. The molecule has 0 spiro atoms. The maximum atomic E-state index is 12.9. The fourth-order valence-electron chi connectivity index (χ4n) is 5.65. The van der Waals surface area contributed by atoms with Gasteiger partial charge in [-0.1, -0.05) is 51.1 Å². The normalized spacial score (nSPS) is 15.4. The summed E-state index contributed by atoms with van der Waals surface area (Å²) in [7, 11) is 0. The molecule has 0 atom stereocenters. The molecule has 1 fully saturated rings. The van der Waals surface area contributed by atoms with Gasteiger partial charge in [0.25, 0.3) is 5.91 Å². The van der Waals surface area contributed by atoms with Gasteiger partial charge in [-0.15, -0.1) is 10.2 Å². The van der Waals surface area contributed by atoms with Crippen LogP contribution in [0.25, 0.3) is 27.7 Å². The number of primary amides is 1. The van der Waals surface area contributed by atoms with E-state index in [-0.39, 0.29) is 34.4 Å². The zero-order valence-corrected chi connectivity index (χ0v) is 23.8. The molecule has 2 heterocycles. The first-order valence-electron chi connectivity index (χ1n) is 14.1. The maximum Gasteiger partial charge on any atom is 0.353 e. The lowest BCUT2D eigenvalue weighted by molar-refractivity contribution is -0.112. The van der Waals surface area contributed by atoms with Crippen LogP contribution in [0.15, 0.2) is 76.9 Å². The highest BCUT2D eigenvalue weighted by Gasteiger charge is 2.31. The van der Waals surface area contributed by atoms with Crippen LogP contribution < -0.4 is 15.8 Å². The Hall–Kier alpha value is -4.92. The minimum absolute atomic E-state index is 0.0151. The summed E-state index contributed by atoms with van der Waals surface area (Å²) in [4.78, 5) is 24.6. The number of aromatic nitrogens is 1. The molecular weight excluding hydrogens is 530 g/mol. The average molecular weight is 563 g/mol. The van der Waals surface area contributed by atoms with Gasteiger partial charge in [0.1, 0.15) is 11.4 Å². The fourth-order valence-corrected chi connectivity index (χ4v) is 5.65. The van der Waals surface area contributed by atoms with Crippen LogP contribution >= 0.6 is 0 Å². The molecule has 2 aliphatic rings. The summed E-state index contributed by atoms with van der Waals surface area (Å²) in [6.45, 7) is 6.49. The van der Waals surface area contributed by atoms with Gasteiger partial charge in [-0.05, 0) is 84.2 Å². The molecule has 3 aromatic carbocycles. The Morgan fingerprint density at radius 2 is 1.60 bits per heavy atom. The van der Waals surface area contributed by atoms with Crippen LogP contribution in [0.1, 0.15) is 68.1 Å². The largest absolute Gasteiger partial charge is 0.490 e. The predicted molar refractivity (Wildman–Crippen MR) is 163 cm³/mol. The highest BCUT2D eigenvalue weighted by molar-refractivity contribution is 6.42. The number of ether oxygens (including phenoxy) is 1. The van der Waals surface area contributed by atoms with Crippen LogP contribution in [-0.4, -0.2) is 39.3 Å². The Morgan fingerprint density at radius 1 is 0.929 bits per heavy atom. The molecule has 1 aliphatic heterocycles. The van der Waals surface area contributed by atoms with Crippen molar-refractivity contribution in [2.45, 2.75) is 58.0 Å². The molecule has 1 saturated carbocycles. The van der Waals surface area contributed by atoms with Crippen molar-refractivity contribution in [3.05, 3.63) is 83.6 Å². The molecule has 1 aromatic heterocycles.